The lowest BCUT2D eigenvalue weighted by Gasteiger charge is -2.33. The van der Waals surface area contributed by atoms with Crippen LogP contribution in [0.1, 0.15) is 177 Å². The number of fused-ring (bicyclic) bond motifs is 5. The number of nitrogens with zero attached hydrogens (tertiary/aromatic N) is 5. The standard InChI is InChI=1S/C24H29NO2S.C23H23F4NS.C23H27NO2S.C22H24FNS.C22H25NOS/c1-16-6-9-22-19(14-16)23(17-10-12-25(3)13-11-17)24(2,28-22)18-7-8-20(26-4)21(15-18)27-5;1-14-4-7-20-17(12-14)21(15-8-10-28(3)11-9-15)22(2,29-20)16-5-6-19(24)18(13-16)23(25,26)27;1-23(17-8-6-5-7-9-17)22(16-10-12-24(2)13-11-16)18-14-19(25-3)20(26-4)15-21(18)27-23;1-15-4-9-20-19(14-15)21(16-10-12-24(3)13-11-16)22(2,25-20)17-5-7-18(23)8-6-17;1-22(17-7-5-4-6-8-17)21(16-11-13-23(2)14-12-16)19-10-9-18(24-3)15-20(19)25-22/h6-9,14-15H,10-13H2,1-5H3;4-7,12-13H,8-11H2,1-3H3;5-9,14-15H,10-13H2,1-4H3;4-9,14H,10-13H2,1-3H3;4-10,15H,11-14H2,1-3H3. The summed E-state index contributed by atoms with van der Waals surface area (Å²) in [5.41, 5.74) is 29.6. The van der Waals surface area contributed by atoms with Gasteiger partial charge in [0.1, 0.15) is 17.4 Å². The Morgan fingerprint density at radius 3 is 0.933 bits per heavy atom. The fourth-order valence-corrected chi connectivity index (χ4v) is 28.6. The van der Waals surface area contributed by atoms with Crippen molar-refractivity contribution in [2.45, 2.75) is 174 Å². The van der Waals surface area contributed by atoms with Crippen LogP contribution in [0.15, 0.2) is 259 Å². The molecule has 10 aliphatic rings. The first-order chi connectivity index (χ1) is 64.2. The summed E-state index contributed by atoms with van der Waals surface area (Å²) in [5.74, 6) is 2.72. The van der Waals surface area contributed by atoms with Crippen LogP contribution in [0.25, 0.3) is 27.9 Å². The second-order valence-electron chi connectivity index (χ2n) is 38.2. The molecule has 10 nitrogen and oxygen atoms in total. The molecule has 10 aromatic rings. The maximum atomic E-state index is 13.9. The van der Waals surface area contributed by atoms with Crippen LogP contribution in [0.3, 0.4) is 0 Å². The molecule has 0 saturated carbocycles. The van der Waals surface area contributed by atoms with Crippen molar-refractivity contribution < 1.29 is 45.6 Å². The number of benzene rings is 10. The summed E-state index contributed by atoms with van der Waals surface area (Å²) >= 11 is 9.36. The zero-order valence-corrected chi connectivity index (χ0v) is 85.1. The molecule has 0 spiro atoms. The van der Waals surface area contributed by atoms with Gasteiger partial charge >= 0.3 is 6.18 Å². The van der Waals surface area contributed by atoms with E-state index in [9.17, 15) is 22.0 Å². The minimum atomic E-state index is -4.72. The summed E-state index contributed by atoms with van der Waals surface area (Å²) in [6, 6.07) is 69.5. The quantitative estimate of drug-likeness (QED) is 0.122. The van der Waals surface area contributed by atoms with E-state index in [0.717, 1.165) is 179 Å². The number of alkyl halides is 3. The van der Waals surface area contributed by atoms with E-state index >= 15 is 0 Å². The molecular formula is C114H128F5N5O5S5. The number of likely N-dealkylation sites (tertiary alicyclic amines) is 5. The fraction of sp³-hybridized carbons (Fsp3) is 0.386. The number of thioether (sulfide) groups is 5. The normalized spacial score (nSPS) is 23.0. The lowest BCUT2D eigenvalue weighted by molar-refractivity contribution is -0.140. The van der Waals surface area contributed by atoms with Gasteiger partial charge in [0.25, 0.3) is 0 Å². The molecule has 10 heterocycles. The van der Waals surface area contributed by atoms with Crippen LogP contribution < -0.4 is 23.7 Å². The molecule has 0 amide bonds. The van der Waals surface area contributed by atoms with Crippen molar-refractivity contribution in [1.82, 2.24) is 24.5 Å². The zero-order valence-electron chi connectivity index (χ0n) is 81.0. The van der Waals surface area contributed by atoms with Gasteiger partial charge < -0.3 is 48.2 Å². The van der Waals surface area contributed by atoms with E-state index < -0.39 is 22.3 Å². The van der Waals surface area contributed by atoms with E-state index in [0.29, 0.717) is 5.56 Å². The zero-order chi connectivity index (χ0) is 94.9. The Balaban J connectivity index is 0.000000122. The monoisotopic (exact) mass is 1900 g/mol. The van der Waals surface area contributed by atoms with Crippen molar-refractivity contribution in [3.8, 4) is 28.7 Å². The maximum Gasteiger partial charge on any atom is 0.419 e. The highest BCUT2D eigenvalue weighted by Crippen LogP contribution is 2.67. The van der Waals surface area contributed by atoms with Crippen LogP contribution in [0.4, 0.5) is 22.0 Å². The van der Waals surface area contributed by atoms with E-state index in [1.165, 1.54) is 122 Å². The lowest BCUT2D eigenvalue weighted by atomic mass is 9.81. The van der Waals surface area contributed by atoms with Gasteiger partial charge in [-0.3, -0.25) is 0 Å². The summed E-state index contributed by atoms with van der Waals surface area (Å²) in [6.07, 6.45) is 6.18. The predicted molar refractivity (Wildman–Crippen MR) is 551 cm³/mol. The Hall–Kier alpha value is -8.90. The summed E-state index contributed by atoms with van der Waals surface area (Å²) in [6.45, 7) is 28.7. The van der Waals surface area contributed by atoms with Gasteiger partial charge in [0.05, 0.1) is 64.8 Å². The molecule has 20 rings (SSSR count). The van der Waals surface area contributed by atoms with Gasteiger partial charge in [-0.05, 0) is 323 Å². The third-order valence-corrected chi connectivity index (χ3v) is 36.0. The molecule has 704 valence electrons. The Kier molecular flexibility index (Phi) is 30.1. The number of ether oxygens (including phenoxy) is 5. The van der Waals surface area contributed by atoms with Crippen molar-refractivity contribution in [2.75, 3.05) is 136 Å². The highest BCUT2D eigenvalue weighted by atomic mass is 32.2. The fourth-order valence-electron chi connectivity index (χ4n) is 21.3. The molecule has 5 fully saturated rings. The van der Waals surface area contributed by atoms with Gasteiger partial charge in [-0.1, -0.05) is 166 Å². The third kappa shape index (κ3) is 20.1. The van der Waals surface area contributed by atoms with Crippen molar-refractivity contribution in [2.24, 2.45) is 0 Å². The molecule has 5 atom stereocenters. The van der Waals surface area contributed by atoms with Crippen LogP contribution in [0.2, 0.25) is 0 Å². The van der Waals surface area contributed by atoms with Gasteiger partial charge in [0.2, 0.25) is 0 Å². The highest BCUT2D eigenvalue weighted by molar-refractivity contribution is 8.02. The van der Waals surface area contributed by atoms with E-state index in [4.69, 9.17) is 23.7 Å². The molecule has 0 aliphatic carbocycles. The van der Waals surface area contributed by atoms with E-state index in [1.54, 1.807) is 81.7 Å². The SMILES string of the molecule is COc1cc2c(cc1OC)C(=C1CCN(C)CC1)C(C)(c1ccccc1)S2.COc1ccc(C2(C)Sc3ccc(C)cc3C2=C2CCN(C)CC2)cc1OC.COc1ccc2c(c1)SC(C)(c1ccccc1)C2=C1CCN(C)CC1.Cc1ccc2c(c1)C(=C1CCN(C)CC1)C(C)(c1ccc(F)c(C(F)(F)F)c1)S2.Cc1ccc2c(c1)C(=C1CCN(C)CC1)C(C)(c1ccc(F)cc1)S2. The number of rotatable bonds is 10. The van der Waals surface area contributed by atoms with Gasteiger partial charge in [-0.2, -0.15) is 13.2 Å². The average molecular weight is 1900 g/mol. The summed E-state index contributed by atoms with van der Waals surface area (Å²) < 4.78 is 94.3. The first-order valence-electron chi connectivity index (χ1n) is 47.0. The summed E-state index contributed by atoms with van der Waals surface area (Å²) in [7, 11) is 19.5. The molecule has 0 N–H and O–H groups in total. The largest absolute Gasteiger partial charge is 0.497 e. The maximum absolute atomic E-state index is 13.9. The van der Waals surface area contributed by atoms with Crippen molar-refractivity contribution in [1.29, 1.82) is 0 Å². The molecule has 0 radical (unpaired) electrons. The molecule has 20 heteroatoms. The number of methoxy groups -OCH3 is 5. The number of halogens is 5. The number of piperidine rings is 5. The van der Waals surface area contributed by atoms with Crippen LogP contribution in [-0.2, 0) is 29.9 Å². The van der Waals surface area contributed by atoms with Crippen molar-refractivity contribution in [3.63, 3.8) is 0 Å². The Morgan fingerprint density at radius 1 is 0.276 bits per heavy atom. The molecule has 5 saturated heterocycles. The first-order valence-corrected chi connectivity index (χ1v) is 51.0. The van der Waals surface area contributed by atoms with E-state index in [-0.39, 0.29) is 24.8 Å². The van der Waals surface area contributed by atoms with Crippen molar-refractivity contribution >= 4 is 86.7 Å². The second kappa shape index (κ2) is 41.0. The predicted octanol–water partition coefficient (Wildman–Crippen LogP) is 28.2. The van der Waals surface area contributed by atoms with Crippen LogP contribution in [-0.4, -0.2) is 161 Å². The van der Waals surface area contributed by atoms with E-state index in [1.807, 2.05) is 91.2 Å². The Morgan fingerprint density at radius 2 is 0.575 bits per heavy atom. The minimum Gasteiger partial charge on any atom is -0.497 e. The number of aryl methyl sites for hydroxylation is 3. The van der Waals surface area contributed by atoms with Crippen LogP contribution in [0, 0.1) is 32.4 Å². The molecule has 0 bridgehead atoms. The molecular weight excluding hydrogens is 1770 g/mol. The molecule has 0 aromatic heterocycles. The average Bonchev–Trinajstić information content (AvgIpc) is 1.56. The van der Waals surface area contributed by atoms with Gasteiger partial charge in [0.15, 0.2) is 23.0 Å². The smallest absolute Gasteiger partial charge is 0.419 e. The summed E-state index contributed by atoms with van der Waals surface area (Å²) in [5, 5.41) is 0. The topological polar surface area (TPSA) is 62.4 Å². The molecule has 10 aromatic carbocycles. The van der Waals surface area contributed by atoms with Crippen LogP contribution >= 0.6 is 58.8 Å². The first kappa shape index (κ1) is 98.2. The highest BCUT2D eigenvalue weighted by Gasteiger charge is 2.50. The molecule has 5 unspecified atom stereocenters. The van der Waals surface area contributed by atoms with Crippen molar-refractivity contribution in [3.05, 3.63) is 324 Å². The Bertz CT molecular complexity index is 6150. The van der Waals surface area contributed by atoms with Gasteiger partial charge in [-0.15, -0.1) is 58.8 Å². The van der Waals surface area contributed by atoms with Gasteiger partial charge in [0, 0.05) is 89.9 Å². The van der Waals surface area contributed by atoms with E-state index in [2.05, 4.69) is 247 Å². The minimum absolute atomic E-state index is 0.0266. The second-order valence-corrected chi connectivity index (χ2v) is 45.5. The lowest BCUT2D eigenvalue weighted by Crippen LogP contribution is -2.28. The Labute approximate surface area is 813 Å². The van der Waals surface area contributed by atoms with Gasteiger partial charge in [-0.25, -0.2) is 8.78 Å². The third-order valence-electron chi connectivity index (χ3n) is 28.9. The number of hydrogen-bond donors (Lipinski definition) is 0. The number of hydrogen-bond acceptors (Lipinski definition) is 15. The molecule has 10 aliphatic heterocycles. The van der Waals surface area contributed by atoms with Crippen LogP contribution in [0.5, 0.6) is 28.7 Å². The molecule has 134 heavy (non-hydrogen) atoms. The summed E-state index contributed by atoms with van der Waals surface area (Å²) in [4.78, 5) is 18.4.